The van der Waals surface area contributed by atoms with Gasteiger partial charge in [-0.2, -0.15) is 0 Å². The fourth-order valence-corrected chi connectivity index (χ4v) is 2.13. The van der Waals surface area contributed by atoms with Crippen LogP contribution in [0.1, 0.15) is 13.8 Å². The molecule has 0 amide bonds. The van der Waals surface area contributed by atoms with Gasteiger partial charge in [-0.25, -0.2) is 0 Å². The van der Waals surface area contributed by atoms with Crippen molar-refractivity contribution in [1.82, 2.24) is 0 Å². The summed E-state index contributed by atoms with van der Waals surface area (Å²) in [7, 11) is 1.41. The van der Waals surface area contributed by atoms with Crippen molar-refractivity contribution in [1.29, 1.82) is 0 Å². The number of ether oxygens (including phenoxy) is 4. The average molecular weight is 234 g/mol. The number of rotatable bonds is 1. The highest BCUT2D eigenvalue weighted by molar-refractivity contribution is 4.93. The van der Waals surface area contributed by atoms with Gasteiger partial charge in [0.15, 0.2) is 12.1 Å². The number of hydrogen-bond acceptors (Lipinski definition) is 6. The third-order valence-electron chi connectivity index (χ3n) is 2.84. The molecule has 5 atom stereocenters. The van der Waals surface area contributed by atoms with E-state index in [1.807, 2.05) is 0 Å². The van der Waals surface area contributed by atoms with Gasteiger partial charge >= 0.3 is 0 Å². The molecule has 2 saturated heterocycles. The lowest BCUT2D eigenvalue weighted by Crippen LogP contribution is -2.46. The van der Waals surface area contributed by atoms with Crippen molar-refractivity contribution in [3.05, 3.63) is 0 Å². The van der Waals surface area contributed by atoms with Crippen molar-refractivity contribution >= 4 is 0 Å². The Kier molecular flexibility index (Phi) is 3.22. The van der Waals surface area contributed by atoms with E-state index in [2.05, 4.69) is 0 Å². The van der Waals surface area contributed by atoms with Gasteiger partial charge < -0.3 is 29.2 Å². The first kappa shape index (κ1) is 12.2. The monoisotopic (exact) mass is 234 g/mol. The Morgan fingerprint density at radius 2 is 1.88 bits per heavy atom. The predicted octanol–water partition coefficient (Wildman–Crippen LogP) is -0.769. The average Bonchev–Trinajstić information content (AvgIpc) is 2.48. The van der Waals surface area contributed by atoms with Crippen LogP contribution in [-0.2, 0) is 18.9 Å². The lowest BCUT2D eigenvalue weighted by atomic mass is 10.0. The fraction of sp³-hybridized carbons (Fsp3) is 1.00. The number of methoxy groups -OCH3 is 1. The SMILES string of the molecule is CO[C@@H]1OC[C@H]2OC(C)(C)O[C@H]2[C@H](O)[C@H]1O. The molecule has 2 N–H and O–H groups in total. The molecule has 0 spiro atoms. The van der Waals surface area contributed by atoms with Crippen LogP contribution in [0.2, 0.25) is 0 Å². The van der Waals surface area contributed by atoms with E-state index in [0.717, 1.165) is 0 Å². The molecule has 6 heteroatoms. The summed E-state index contributed by atoms with van der Waals surface area (Å²) in [6.45, 7) is 3.74. The molecule has 0 saturated carbocycles. The zero-order valence-electron chi connectivity index (χ0n) is 9.62. The molecule has 2 heterocycles. The normalized spacial score (nSPS) is 47.4. The lowest BCUT2D eigenvalue weighted by Gasteiger charge is -2.26. The molecule has 0 aromatic heterocycles. The second-order valence-electron chi connectivity index (χ2n) is 4.56. The highest BCUT2D eigenvalue weighted by Gasteiger charge is 2.50. The van der Waals surface area contributed by atoms with Gasteiger partial charge in [0.2, 0.25) is 0 Å². The van der Waals surface area contributed by atoms with Crippen LogP contribution in [0.15, 0.2) is 0 Å². The van der Waals surface area contributed by atoms with Crippen molar-refractivity contribution in [3.63, 3.8) is 0 Å². The molecule has 16 heavy (non-hydrogen) atoms. The number of aliphatic hydroxyl groups is 2. The predicted molar refractivity (Wildman–Crippen MR) is 52.6 cm³/mol. The molecule has 0 aromatic rings. The van der Waals surface area contributed by atoms with Crippen LogP contribution in [0.25, 0.3) is 0 Å². The molecule has 2 fully saturated rings. The second kappa shape index (κ2) is 4.21. The summed E-state index contributed by atoms with van der Waals surface area (Å²) in [5.74, 6) is -0.765. The van der Waals surface area contributed by atoms with E-state index >= 15 is 0 Å². The van der Waals surface area contributed by atoms with Gasteiger partial charge in [0.25, 0.3) is 0 Å². The van der Waals surface area contributed by atoms with Crippen molar-refractivity contribution in [3.8, 4) is 0 Å². The Bertz CT molecular complexity index is 256. The molecule has 0 unspecified atom stereocenters. The maximum Gasteiger partial charge on any atom is 0.185 e. The third kappa shape index (κ3) is 2.09. The van der Waals surface area contributed by atoms with E-state index in [0.29, 0.717) is 0 Å². The van der Waals surface area contributed by atoms with Gasteiger partial charge in [0.1, 0.15) is 24.4 Å². The molecular weight excluding hydrogens is 216 g/mol. The first-order valence-corrected chi connectivity index (χ1v) is 5.31. The van der Waals surface area contributed by atoms with Crippen LogP contribution in [0.3, 0.4) is 0 Å². The number of fused-ring (bicyclic) bond motifs is 1. The largest absolute Gasteiger partial charge is 0.387 e. The minimum atomic E-state index is -1.14. The van der Waals surface area contributed by atoms with Gasteiger partial charge in [-0.3, -0.25) is 0 Å². The quantitative estimate of drug-likeness (QED) is 0.620. The van der Waals surface area contributed by atoms with E-state index in [9.17, 15) is 10.2 Å². The van der Waals surface area contributed by atoms with Crippen molar-refractivity contribution in [2.45, 2.75) is 50.3 Å². The van der Waals surface area contributed by atoms with E-state index in [4.69, 9.17) is 18.9 Å². The zero-order chi connectivity index (χ0) is 11.9. The van der Waals surface area contributed by atoms with Gasteiger partial charge in [0, 0.05) is 7.11 Å². The van der Waals surface area contributed by atoms with E-state index in [1.54, 1.807) is 13.8 Å². The Morgan fingerprint density at radius 1 is 1.19 bits per heavy atom. The van der Waals surface area contributed by atoms with Gasteiger partial charge in [-0.05, 0) is 13.8 Å². The highest BCUT2D eigenvalue weighted by atomic mass is 16.8. The molecular formula is C10H18O6. The zero-order valence-corrected chi connectivity index (χ0v) is 9.62. The van der Waals surface area contributed by atoms with E-state index < -0.39 is 30.4 Å². The van der Waals surface area contributed by atoms with Crippen LogP contribution in [0.4, 0.5) is 0 Å². The lowest BCUT2D eigenvalue weighted by molar-refractivity contribution is -0.225. The van der Waals surface area contributed by atoms with Gasteiger partial charge in [-0.15, -0.1) is 0 Å². The van der Waals surface area contributed by atoms with Crippen molar-refractivity contribution in [2.24, 2.45) is 0 Å². The molecule has 0 radical (unpaired) electrons. The first-order chi connectivity index (χ1) is 7.44. The molecule has 0 aromatic carbocycles. The topological polar surface area (TPSA) is 77.4 Å². The number of hydrogen-bond donors (Lipinski definition) is 2. The standard InChI is InChI=1S/C10H18O6/c1-10(2)15-5-4-14-9(13-3)7(12)6(11)8(5)16-10/h5-9,11-12H,4H2,1-3H3/t5-,6-,7-,8-,9-/m1/s1. The summed E-state index contributed by atoms with van der Waals surface area (Å²) in [6, 6.07) is 0. The van der Waals surface area contributed by atoms with Crippen LogP contribution < -0.4 is 0 Å². The molecule has 2 aliphatic rings. The van der Waals surface area contributed by atoms with Crippen molar-refractivity contribution in [2.75, 3.05) is 13.7 Å². The maximum atomic E-state index is 9.95. The highest BCUT2D eigenvalue weighted by Crippen LogP contribution is 2.33. The molecule has 0 bridgehead atoms. The van der Waals surface area contributed by atoms with Gasteiger partial charge in [-0.1, -0.05) is 0 Å². The summed E-state index contributed by atoms with van der Waals surface area (Å²) in [5.41, 5.74) is 0. The Balaban J connectivity index is 2.14. The summed E-state index contributed by atoms with van der Waals surface area (Å²) >= 11 is 0. The molecule has 6 nitrogen and oxygen atoms in total. The van der Waals surface area contributed by atoms with Crippen LogP contribution in [0.5, 0.6) is 0 Å². The maximum absolute atomic E-state index is 9.95. The summed E-state index contributed by atoms with van der Waals surface area (Å²) in [4.78, 5) is 0. The Hall–Kier alpha value is -0.240. The molecule has 2 rings (SSSR count). The van der Waals surface area contributed by atoms with Crippen LogP contribution >= 0.6 is 0 Å². The summed E-state index contributed by atoms with van der Waals surface area (Å²) in [5, 5.41) is 19.7. The number of aliphatic hydroxyl groups excluding tert-OH is 2. The Morgan fingerprint density at radius 3 is 2.50 bits per heavy atom. The van der Waals surface area contributed by atoms with Crippen molar-refractivity contribution < 1.29 is 29.2 Å². The van der Waals surface area contributed by atoms with Gasteiger partial charge in [0.05, 0.1) is 6.61 Å². The minimum Gasteiger partial charge on any atom is -0.387 e. The smallest absolute Gasteiger partial charge is 0.185 e. The summed E-state index contributed by atoms with van der Waals surface area (Å²) in [6.07, 6.45) is -4.06. The van der Waals surface area contributed by atoms with Crippen LogP contribution in [0, 0.1) is 0 Å². The van der Waals surface area contributed by atoms with Crippen LogP contribution in [-0.4, -0.2) is 60.4 Å². The molecule has 94 valence electrons. The third-order valence-corrected chi connectivity index (χ3v) is 2.84. The summed E-state index contributed by atoms with van der Waals surface area (Å²) < 4.78 is 21.3. The molecule has 2 aliphatic heterocycles. The Labute approximate surface area is 94.1 Å². The second-order valence-corrected chi connectivity index (χ2v) is 4.56. The van der Waals surface area contributed by atoms with E-state index in [1.165, 1.54) is 7.11 Å². The fourth-order valence-electron chi connectivity index (χ4n) is 2.13. The van der Waals surface area contributed by atoms with E-state index in [-0.39, 0.29) is 12.7 Å². The minimum absolute atomic E-state index is 0.223. The first-order valence-electron chi connectivity index (χ1n) is 5.31. The molecule has 0 aliphatic carbocycles.